The van der Waals surface area contributed by atoms with Crippen molar-refractivity contribution < 1.29 is 18.3 Å². The minimum atomic E-state index is -3.65. The fourth-order valence-corrected chi connectivity index (χ4v) is 3.99. The zero-order valence-electron chi connectivity index (χ0n) is 10.0. The number of nitrogens with one attached hydrogen (secondary N) is 1. The molecule has 0 aliphatic heterocycles. The molecule has 2 aromatic rings. The van der Waals surface area contributed by atoms with Gasteiger partial charge in [0.15, 0.2) is 0 Å². The van der Waals surface area contributed by atoms with Gasteiger partial charge in [0.1, 0.15) is 0 Å². The van der Waals surface area contributed by atoms with Crippen molar-refractivity contribution in [1.82, 2.24) is 4.72 Å². The molecule has 0 saturated carbocycles. The highest BCUT2D eigenvalue weighted by atomic mass is 79.9. The number of carbonyl (C=O) groups is 1. The molecule has 1 aromatic carbocycles. The van der Waals surface area contributed by atoms with Crippen LogP contribution in [-0.2, 0) is 16.6 Å². The summed E-state index contributed by atoms with van der Waals surface area (Å²) in [5.74, 6) is -1.09. The Morgan fingerprint density at radius 2 is 1.90 bits per heavy atom. The smallest absolute Gasteiger partial charge is 0.335 e. The minimum absolute atomic E-state index is 0.0372. The Balaban J connectivity index is 2.14. The number of halogens is 1. The summed E-state index contributed by atoms with van der Waals surface area (Å²) < 4.78 is 27.4. The number of thiophene rings is 1. The molecule has 0 saturated heterocycles. The lowest BCUT2D eigenvalue weighted by Crippen LogP contribution is -2.23. The SMILES string of the molecule is O=C(O)c1ccc(S(=O)(=O)NCc2sccc2Br)cc1. The van der Waals surface area contributed by atoms with Crippen LogP contribution < -0.4 is 4.72 Å². The van der Waals surface area contributed by atoms with Crippen molar-refractivity contribution in [1.29, 1.82) is 0 Å². The lowest BCUT2D eigenvalue weighted by Gasteiger charge is -2.06. The van der Waals surface area contributed by atoms with E-state index in [0.29, 0.717) is 0 Å². The molecule has 20 heavy (non-hydrogen) atoms. The second kappa shape index (κ2) is 6.04. The van der Waals surface area contributed by atoms with Gasteiger partial charge in [-0.25, -0.2) is 17.9 Å². The van der Waals surface area contributed by atoms with E-state index in [1.165, 1.54) is 35.6 Å². The van der Waals surface area contributed by atoms with Crippen molar-refractivity contribution in [2.75, 3.05) is 0 Å². The lowest BCUT2D eigenvalue weighted by molar-refractivity contribution is 0.0696. The number of benzene rings is 1. The first-order valence-corrected chi connectivity index (χ1v) is 8.60. The molecule has 2 N–H and O–H groups in total. The summed E-state index contributed by atoms with van der Waals surface area (Å²) in [5, 5.41) is 10.6. The number of hydrogen-bond donors (Lipinski definition) is 2. The van der Waals surface area contributed by atoms with Crippen molar-refractivity contribution >= 4 is 43.3 Å². The third-order valence-electron chi connectivity index (χ3n) is 2.53. The van der Waals surface area contributed by atoms with Crippen molar-refractivity contribution in [2.45, 2.75) is 11.4 Å². The zero-order chi connectivity index (χ0) is 14.8. The van der Waals surface area contributed by atoms with E-state index < -0.39 is 16.0 Å². The summed E-state index contributed by atoms with van der Waals surface area (Å²) in [6.07, 6.45) is 0. The van der Waals surface area contributed by atoms with Crippen LogP contribution in [0.25, 0.3) is 0 Å². The topological polar surface area (TPSA) is 83.5 Å². The van der Waals surface area contributed by atoms with Gasteiger partial charge in [-0.05, 0) is 51.6 Å². The van der Waals surface area contributed by atoms with E-state index in [4.69, 9.17) is 5.11 Å². The van der Waals surface area contributed by atoms with E-state index in [2.05, 4.69) is 20.7 Å². The van der Waals surface area contributed by atoms with Gasteiger partial charge in [0.05, 0.1) is 10.5 Å². The Labute approximate surface area is 128 Å². The van der Waals surface area contributed by atoms with Crippen molar-refractivity contribution in [3.8, 4) is 0 Å². The molecule has 1 heterocycles. The minimum Gasteiger partial charge on any atom is -0.478 e. The van der Waals surface area contributed by atoms with Crippen LogP contribution in [0.5, 0.6) is 0 Å². The van der Waals surface area contributed by atoms with Gasteiger partial charge in [-0.15, -0.1) is 11.3 Å². The first-order chi connectivity index (χ1) is 9.40. The third kappa shape index (κ3) is 3.45. The zero-order valence-corrected chi connectivity index (χ0v) is 13.3. The summed E-state index contributed by atoms with van der Waals surface area (Å²) in [7, 11) is -3.65. The summed E-state index contributed by atoms with van der Waals surface area (Å²) in [4.78, 5) is 11.6. The molecule has 1 aromatic heterocycles. The Kier molecular flexibility index (Phi) is 4.59. The third-order valence-corrected chi connectivity index (χ3v) is 5.87. The van der Waals surface area contributed by atoms with Crippen LogP contribution in [0, 0.1) is 0 Å². The van der Waals surface area contributed by atoms with Gasteiger partial charge >= 0.3 is 5.97 Å². The van der Waals surface area contributed by atoms with E-state index in [1.54, 1.807) is 0 Å². The number of aromatic carboxylic acids is 1. The second-order valence-corrected chi connectivity index (χ2v) is 7.47. The summed E-state index contributed by atoms with van der Waals surface area (Å²) >= 11 is 4.77. The van der Waals surface area contributed by atoms with Crippen LogP contribution in [0.4, 0.5) is 0 Å². The van der Waals surface area contributed by atoms with E-state index in [-0.39, 0.29) is 17.0 Å². The Morgan fingerprint density at radius 3 is 2.40 bits per heavy atom. The predicted octanol–water partition coefficient (Wildman–Crippen LogP) is 2.69. The number of carboxylic acids is 1. The van der Waals surface area contributed by atoms with Crippen LogP contribution >= 0.6 is 27.3 Å². The highest BCUT2D eigenvalue weighted by Crippen LogP contribution is 2.23. The largest absolute Gasteiger partial charge is 0.478 e. The standard InChI is InChI=1S/C12H10BrNO4S2/c13-10-5-6-19-11(10)7-14-20(17,18)9-3-1-8(2-4-9)12(15)16/h1-6,14H,7H2,(H,15,16). The first kappa shape index (κ1) is 15.2. The van der Waals surface area contributed by atoms with Gasteiger partial charge in [-0.2, -0.15) is 0 Å². The second-order valence-electron chi connectivity index (χ2n) is 3.85. The van der Waals surface area contributed by atoms with Gasteiger partial charge < -0.3 is 5.11 Å². The summed E-state index contributed by atoms with van der Waals surface area (Å²) in [6, 6.07) is 6.91. The van der Waals surface area contributed by atoms with Gasteiger partial charge in [0.2, 0.25) is 10.0 Å². The fourth-order valence-electron chi connectivity index (χ4n) is 1.47. The Hall–Kier alpha value is -1.22. The number of rotatable bonds is 5. The highest BCUT2D eigenvalue weighted by molar-refractivity contribution is 9.10. The molecular formula is C12H10BrNO4S2. The summed E-state index contributed by atoms with van der Waals surface area (Å²) in [5.41, 5.74) is 0.0463. The lowest BCUT2D eigenvalue weighted by atomic mass is 10.2. The van der Waals surface area contributed by atoms with E-state index in [0.717, 1.165) is 9.35 Å². The van der Waals surface area contributed by atoms with Gasteiger partial charge in [-0.3, -0.25) is 0 Å². The van der Waals surface area contributed by atoms with Crippen molar-refractivity contribution in [2.24, 2.45) is 0 Å². The van der Waals surface area contributed by atoms with Gasteiger partial charge in [-0.1, -0.05) is 0 Å². The van der Waals surface area contributed by atoms with Crippen molar-refractivity contribution in [3.05, 3.63) is 50.6 Å². The predicted molar refractivity (Wildman–Crippen MR) is 79.4 cm³/mol. The maximum absolute atomic E-state index is 12.1. The van der Waals surface area contributed by atoms with Crippen molar-refractivity contribution in [3.63, 3.8) is 0 Å². The fraction of sp³-hybridized carbons (Fsp3) is 0.0833. The average molecular weight is 376 g/mol. The quantitative estimate of drug-likeness (QED) is 0.841. The molecule has 0 fully saturated rings. The molecule has 2 rings (SSSR count). The van der Waals surface area contributed by atoms with Gasteiger partial charge in [0, 0.05) is 15.9 Å². The average Bonchev–Trinajstić information content (AvgIpc) is 2.82. The molecule has 5 nitrogen and oxygen atoms in total. The molecule has 0 aliphatic rings. The molecule has 0 radical (unpaired) electrons. The number of sulfonamides is 1. The number of hydrogen-bond acceptors (Lipinski definition) is 4. The van der Waals surface area contributed by atoms with Crippen LogP contribution in [0.3, 0.4) is 0 Å². The normalized spacial score (nSPS) is 11.4. The molecule has 8 heteroatoms. The van der Waals surface area contributed by atoms with E-state index in [1.807, 2.05) is 11.4 Å². The molecule has 0 aliphatic carbocycles. The van der Waals surface area contributed by atoms with E-state index >= 15 is 0 Å². The van der Waals surface area contributed by atoms with Crippen LogP contribution in [0.15, 0.2) is 45.1 Å². The molecule has 0 atom stereocenters. The first-order valence-electron chi connectivity index (χ1n) is 5.45. The molecule has 0 unspecified atom stereocenters. The molecule has 0 spiro atoms. The Morgan fingerprint density at radius 1 is 1.25 bits per heavy atom. The molecule has 0 bridgehead atoms. The van der Waals surface area contributed by atoms with Gasteiger partial charge in [0.25, 0.3) is 0 Å². The molecular weight excluding hydrogens is 366 g/mol. The monoisotopic (exact) mass is 375 g/mol. The maximum Gasteiger partial charge on any atom is 0.335 e. The Bertz CT molecular complexity index is 722. The maximum atomic E-state index is 12.1. The highest BCUT2D eigenvalue weighted by Gasteiger charge is 2.15. The van der Waals surface area contributed by atoms with Crippen LogP contribution in [-0.4, -0.2) is 19.5 Å². The van der Waals surface area contributed by atoms with Crippen LogP contribution in [0.2, 0.25) is 0 Å². The summed E-state index contributed by atoms with van der Waals surface area (Å²) in [6.45, 7) is 0.182. The van der Waals surface area contributed by atoms with E-state index in [9.17, 15) is 13.2 Å². The molecule has 0 amide bonds. The molecule has 106 valence electrons. The number of carboxylic acid groups (broad SMARTS) is 1. The van der Waals surface area contributed by atoms with Crippen LogP contribution in [0.1, 0.15) is 15.2 Å².